The number of amides is 2. The number of carbonyl (C=O) groups excluding carboxylic acids is 1. The molecular formula is C20H18N6O4S. The SMILES string of the molecule is O=C(Nc1nc2ccc(OS(=O)(=O)c3ccc(-n4ccnc4)cc3)cc2[nH]1)N1CCC1. The normalized spacial score (nSPS) is 13.7. The Morgan fingerprint density at radius 1 is 1.13 bits per heavy atom. The molecule has 0 saturated carbocycles. The van der Waals surface area contributed by atoms with Gasteiger partial charge in [-0.2, -0.15) is 8.42 Å². The van der Waals surface area contributed by atoms with Crippen molar-refractivity contribution in [2.75, 3.05) is 18.4 Å². The maximum atomic E-state index is 12.7. The van der Waals surface area contributed by atoms with E-state index in [4.69, 9.17) is 4.18 Å². The van der Waals surface area contributed by atoms with Gasteiger partial charge in [0, 0.05) is 37.2 Å². The molecule has 1 saturated heterocycles. The molecule has 0 bridgehead atoms. The third-order valence-electron chi connectivity index (χ3n) is 4.96. The van der Waals surface area contributed by atoms with E-state index in [9.17, 15) is 13.2 Å². The Morgan fingerprint density at radius 2 is 1.94 bits per heavy atom. The summed E-state index contributed by atoms with van der Waals surface area (Å²) in [4.78, 5) is 25.0. The van der Waals surface area contributed by atoms with Crippen LogP contribution in [0.25, 0.3) is 16.7 Å². The molecule has 0 aliphatic carbocycles. The number of imidazole rings is 2. The second kappa shape index (κ2) is 7.43. The van der Waals surface area contributed by atoms with Crippen molar-refractivity contribution in [2.45, 2.75) is 11.3 Å². The summed E-state index contributed by atoms with van der Waals surface area (Å²) in [6.07, 6.45) is 6.02. The van der Waals surface area contributed by atoms with Gasteiger partial charge in [0.1, 0.15) is 10.6 Å². The van der Waals surface area contributed by atoms with Crippen LogP contribution in [0, 0.1) is 0 Å². The molecule has 11 heteroatoms. The fourth-order valence-electron chi connectivity index (χ4n) is 3.17. The largest absolute Gasteiger partial charge is 0.379 e. The Hall–Kier alpha value is -3.86. The van der Waals surface area contributed by atoms with Gasteiger partial charge in [0.05, 0.1) is 17.4 Å². The van der Waals surface area contributed by atoms with Crippen molar-refractivity contribution in [1.82, 2.24) is 24.4 Å². The predicted molar refractivity (Wildman–Crippen MR) is 113 cm³/mol. The van der Waals surface area contributed by atoms with E-state index in [1.807, 2.05) is 0 Å². The van der Waals surface area contributed by atoms with E-state index in [0.717, 1.165) is 25.2 Å². The van der Waals surface area contributed by atoms with Gasteiger partial charge in [-0.15, -0.1) is 0 Å². The average molecular weight is 438 g/mol. The van der Waals surface area contributed by atoms with Gasteiger partial charge in [-0.05, 0) is 42.8 Å². The van der Waals surface area contributed by atoms with Crippen LogP contribution in [0.5, 0.6) is 5.75 Å². The Bertz CT molecular complexity index is 1340. The van der Waals surface area contributed by atoms with Gasteiger partial charge < -0.3 is 18.6 Å². The fourth-order valence-corrected chi connectivity index (χ4v) is 4.09. The Labute approximate surface area is 177 Å². The van der Waals surface area contributed by atoms with Crippen LogP contribution in [0.15, 0.2) is 66.1 Å². The molecule has 1 aliphatic heterocycles. The van der Waals surface area contributed by atoms with Crippen LogP contribution in [0.2, 0.25) is 0 Å². The van der Waals surface area contributed by atoms with Crippen molar-refractivity contribution in [2.24, 2.45) is 0 Å². The van der Waals surface area contributed by atoms with Crippen molar-refractivity contribution >= 4 is 33.1 Å². The second-order valence-electron chi connectivity index (χ2n) is 7.04. The lowest BCUT2D eigenvalue weighted by atomic mass is 10.2. The molecule has 2 amide bonds. The molecule has 1 aliphatic rings. The van der Waals surface area contributed by atoms with Gasteiger partial charge in [-0.1, -0.05) is 0 Å². The first-order chi connectivity index (χ1) is 15.0. The van der Waals surface area contributed by atoms with E-state index in [0.29, 0.717) is 17.0 Å². The molecule has 0 atom stereocenters. The zero-order valence-electron chi connectivity index (χ0n) is 16.2. The minimum atomic E-state index is -4.02. The molecule has 2 aromatic heterocycles. The molecule has 3 heterocycles. The highest BCUT2D eigenvalue weighted by Gasteiger charge is 2.21. The minimum absolute atomic E-state index is 0.0311. The predicted octanol–water partition coefficient (Wildman–Crippen LogP) is 2.75. The third kappa shape index (κ3) is 3.82. The van der Waals surface area contributed by atoms with E-state index in [-0.39, 0.29) is 16.7 Å². The average Bonchev–Trinajstić information content (AvgIpc) is 3.35. The van der Waals surface area contributed by atoms with E-state index in [2.05, 4.69) is 20.3 Å². The maximum absolute atomic E-state index is 12.7. The van der Waals surface area contributed by atoms with Crippen molar-refractivity contribution in [3.8, 4) is 11.4 Å². The number of rotatable bonds is 5. The van der Waals surface area contributed by atoms with Gasteiger partial charge in [0.25, 0.3) is 0 Å². The smallest absolute Gasteiger partial charge is 0.339 e. The highest BCUT2D eigenvalue weighted by Crippen LogP contribution is 2.24. The molecule has 0 radical (unpaired) electrons. The Morgan fingerprint density at radius 3 is 2.61 bits per heavy atom. The summed E-state index contributed by atoms with van der Waals surface area (Å²) in [5.41, 5.74) is 1.90. The summed E-state index contributed by atoms with van der Waals surface area (Å²) in [5.74, 6) is 0.428. The van der Waals surface area contributed by atoms with Gasteiger partial charge in [0.15, 0.2) is 0 Å². The minimum Gasteiger partial charge on any atom is -0.379 e. The summed E-state index contributed by atoms with van der Waals surface area (Å²) < 4.78 is 32.4. The van der Waals surface area contributed by atoms with Crippen molar-refractivity contribution in [1.29, 1.82) is 0 Å². The number of hydrogen-bond acceptors (Lipinski definition) is 6. The summed E-state index contributed by atoms with van der Waals surface area (Å²) >= 11 is 0. The quantitative estimate of drug-likeness (QED) is 0.462. The Kier molecular flexibility index (Phi) is 4.59. The molecule has 0 spiro atoms. The molecule has 0 unspecified atom stereocenters. The summed E-state index contributed by atoms with van der Waals surface area (Å²) in [7, 11) is -4.02. The number of fused-ring (bicyclic) bond motifs is 1. The zero-order valence-corrected chi connectivity index (χ0v) is 17.0. The van der Waals surface area contributed by atoms with Crippen molar-refractivity contribution in [3.63, 3.8) is 0 Å². The standard InChI is InChI=1S/C20H18N6O4S/c27-20(25-9-1-10-25)24-19-22-17-7-4-15(12-18(17)23-19)30-31(28,29)16-5-2-14(3-6-16)26-11-8-21-13-26/h2-8,11-13H,1,9-10H2,(H2,22,23,24,27). The van der Waals surface area contributed by atoms with Crippen LogP contribution in [0.4, 0.5) is 10.7 Å². The molecule has 2 N–H and O–H groups in total. The summed E-state index contributed by atoms with van der Waals surface area (Å²) in [5, 5.41) is 2.70. The first kappa shape index (κ1) is 19.1. The molecule has 31 heavy (non-hydrogen) atoms. The lowest BCUT2D eigenvalue weighted by Crippen LogP contribution is -2.44. The van der Waals surface area contributed by atoms with E-state index in [1.54, 1.807) is 46.4 Å². The number of H-pyrrole nitrogens is 1. The van der Waals surface area contributed by atoms with Gasteiger partial charge >= 0.3 is 16.1 Å². The van der Waals surface area contributed by atoms with E-state index in [1.165, 1.54) is 24.3 Å². The van der Waals surface area contributed by atoms with Crippen LogP contribution < -0.4 is 9.50 Å². The second-order valence-corrected chi connectivity index (χ2v) is 8.58. The number of nitrogens with zero attached hydrogens (tertiary/aromatic N) is 4. The summed E-state index contributed by atoms with van der Waals surface area (Å²) in [6.45, 7) is 1.45. The third-order valence-corrected chi connectivity index (χ3v) is 6.22. The molecule has 10 nitrogen and oxygen atoms in total. The molecule has 4 aromatic rings. The fraction of sp³-hybridized carbons (Fsp3) is 0.150. The summed E-state index contributed by atoms with van der Waals surface area (Å²) in [6, 6.07) is 10.7. The number of hydrogen-bond donors (Lipinski definition) is 2. The Balaban J connectivity index is 1.33. The number of likely N-dealkylation sites (tertiary alicyclic amines) is 1. The molecule has 5 rings (SSSR count). The lowest BCUT2D eigenvalue weighted by Gasteiger charge is -2.30. The van der Waals surface area contributed by atoms with Crippen LogP contribution in [0.1, 0.15) is 6.42 Å². The van der Waals surface area contributed by atoms with Crippen LogP contribution in [-0.4, -0.2) is 52.0 Å². The van der Waals surface area contributed by atoms with Crippen LogP contribution in [-0.2, 0) is 10.1 Å². The lowest BCUT2D eigenvalue weighted by molar-refractivity contribution is 0.181. The van der Waals surface area contributed by atoms with Gasteiger partial charge in [-0.3, -0.25) is 5.32 Å². The van der Waals surface area contributed by atoms with E-state index >= 15 is 0 Å². The number of aromatic nitrogens is 4. The topological polar surface area (TPSA) is 122 Å². The first-order valence-corrected chi connectivity index (χ1v) is 11.0. The zero-order chi connectivity index (χ0) is 21.4. The highest BCUT2D eigenvalue weighted by atomic mass is 32.2. The van der Waals surface area contributed by atoms with E-state index < -0.39 is 10.1 Å². The number of carbonyl (C=O) groups is 1. The number of anilines is 1. The van der Waals surface area contributed by atoms with Crippen molar-refractivity contribution < 1.29 is 17.4 Å². The maximum Gasteiger partial charge on any atom is 0.339 e. The first-order valence-electron chi connectivity index (χ1n) is 9.56. The molecule has 1 fully saturated rings. The van der Waals surface area contributed by atoms with Gasteiger partial charge in [-0.25, -0.2) is 14.8 Å². The molecular weight excluding hydrogens is 420 g/mol. The monoisotopic (exact) mass is 438 g/mol. The number of urea groups is 1. The number of benzene rings is 2. The highest BCUT2D eigenvalue weighted by molar-refractivity contribution is 7.87. The number of nitrogens with one attached hydrogen (secondary N) is 2. The molecule has 2 aromatic carbocycles. The van der Waals surface area contributed by atoms with Gasteiger partial charge in [0.2, 0.25) is 5.95 Å². The van der Waals surface area contributed by atoms with Crippen molar-refractivity contribution in [3.05, 3.63) is 61.2 Å². The van der Waals surface area contributed by atoms with Crippen LogP contribution >= 0.6 is 0 Å². The van der Waals surface area contributed by atoms with Crippen LogP contribution in [0.3, 0.4) is 0 Å². The molecule has 158 valence electrons. The number of aromatic amines is 1.